The second kappa shape index (κ2) is 9.11. The number of nitrogens with zero attached hydrogens (tertiary/aromatic N) is 3. The second-order valence-corrected chi connectivity index (χ2v) is 7.28. The van der Waals surface area contributed by atoms with Crippen molar-refractivity contribution in [2.75, 3.05) is 19.5 Å². The van der Waals surface area contributed by atoms with Crippen LogP contribution in [0.3, 0.4) is 0 Å². The Morgan fingerprint density at radius 1 is 1.44 bits per heavy atom. The molecule has 1 aliphatic heterocycles. The van der Waals surface area contributed by atoms with Crippen LogP contribution in [0.2, 0.25) is 0 Å². The number of methoxy groups -OCH3 is 1. The third kappa shape index (κ3) is 3.72. The SMILES string of the molecule is COc1cc(CN(O)[C@@]2(O)[C@H](O)[C@@H](CO)O[C@]2(O)n2c(N)c(C(=O)NF)cnc2=O)ccc1O. The average molecular weight is 487 g/mol. The summed E-state index contributed by atoms with van der Waals surface area (Å²) in [5.74, 6) is -6.15. The Bertz CT molecular complexity index is 1150. The maximum Gasteiger partial charge on any atom is 0.353 e. The van der Waals surface area contributed by atoms with Crippen molar-refractivity contribution < 1.29 is 49.5 Å². The van der Waals surface area contributed by atoms with Gasteiger partial charge in [0.15, 0.2) is 11.5 Å². The summed E-state index contributed by atoms with van der Waals surface area (Å²) in [5.41, 5.74) is 1.13. The molecule has 9 N–H and O–H groups in total. The van der Waals surface area contributed by atoms with Crippen LogP contribution in [0.4, 0.5) is 10.3 Å². The number of aromatic hydroxyl groups is 1. The molecule has 1 aliphatic rings. The smallest absolute Gasteiger partial charge is 0.353 e. The van der Waals surface area contributed by atoms with Gasteiger partial charge in [0.2, 0.25) is 5.72 Å². The number of carbonyl (C=O) groups is 1. The Kier molecular flexibility index (Phi) is 6.76. The van der Waals surface area contributed by atoms with Crippen LogP contribution in [-0.4, -0.2) is 82.9 Å². The van der Waals surface area contributed by atoms with Gasteiger partial charge in [0.25, 0.3) is 5.91 Å². The number of benzene rings is 1. The minimum atomic E-state index is -3.46. The number of aliphatic hydroxyl groups excluding tert-OH is 2. The fraction of sp³-hybridized carbons (Fsp3) is 0.389. The predicted octanol–water partition coefficient (Wildman–Crippen LogP) is -2.91. The maximum atomic E-state index is 12.7. The highest BCUT2D eigenvalue weighted by Gasteiger charge is 2.70. The summed E-state index contributed by atoms with van der Waals surface area (Å²) >= 11 is 0. The van der Waals surface area contributed by atoms with Gasteiger partial charge in [0.1, 0.15) is 23.6 Å². The molecular formula is C18H22FN5O10. The number of hydrogen-bond donors (Lipinski definition) is 8. The number of rotatable bonds is 7. The number of carbonyl (C=O) groups excluding carboxylic acids is 1. The number of nitrogen functional groups attached to an aromatic ring is 1. The summed E-state index contributed by atoms with van der Waals surface area (Å²) < 4.78 is 22.8. The van der Waals surface area contributed by atoms with Gasteiger partial charge in [-0.1, -0.05) is 10.5 Å². The number of hydrogen-bond acceptors (Lipinski definition) is 13. The summed E-state index contributed by atoms with van der Waals surface area (Å²) in [6.45, 7) is -1.69. The van der Waals surface area contributed by atoms with Crippen molar-refractivity contribution in [3.05, 3.63) is 46.0 Å². The predicted molar refractivity (Wildman–Crippen MR) is 107 cm³/mol. The molecule has 3 rings (SSSR count). The topological polar surface area (TPSA) is 233 Å². The third-order valence-corrected chi connectivity index (χ3v) is 5.36. The van der Waals surface area contributed by atoms with E-state index in [1.807, 2.05) is 0 Å². The lowest BCUT2D eigenvalue weighted by atomic mass is 9.99. The van der Waals surface area contributed by atoms with Crippen molar-refractivity contribution in [2.24, 2.45) is 0 Å². The Morgan fingerprint density at radius 2 is 2.12 bits per heavy atom. The van der Waals surface area contributed by atoms with Crippen molar-refractivity contribution in [3.63, 3.8) is 0 Å². The van der Waals surface area contributed by atoms with Crippen molar-refractivity contribution in [1.29, 1.82) is 0 Å². The molecule has 0 bridgehead atoms. The van der Waals surface area contributed by atoms with E-state index >= 15 is 0 Å². The highest BCUT2D eigenvalue weighted by Crippen LogP contribution is 2.44. The molecule has 1 aromatic carbocycles. The zero-order valence-electron chi connectivity index (χ0n) is 17.5. The number of phenolic OH excluding ortho intramolecular Hbond substituents is 1. The summed E-state index contributed by atoms with van der Waals surface area (Å²) in [6.07, 6.45) is -3.49. The zero-order valence-corrected chi connectivity index (χ0v) is 17.5. The Balaban J connectivity index is 2.16. The van der Waals surface area contributed by atoms with E-state index in [0.717, 1.165) is 5.54 Å². The van der Waals surface area contributed by atoms with Crippen LogP contribution in [0.15, 0.2) is 29.2 Å². The minimum Gasteiger partial charge on any atom is -0.504 e. The molecule has 1 amide bonds. The number of anilines is 1. The van der Waals surface area contributed by atoms with Crippen LogP contribution >= 0.6 is 0 Å². The lowest BCUT2D eigenvalue weighted by Crippen LogP contribution is -2.68. The molecule has 0 radical (unpaired) electrons. The Hall–Kier alpha value is -3.38. The monoisotopic (exact) mass is 487 g/mol. The standard InChI is InChI=1S/C18H22FN5O10/c1-33-11-4-8(2-3-10(11)26)6-23(32)17(30)13(27)12(7-25)34-18(17,31)24-14(20)9(15(28)22-19)5-21-16(24)29/h2-5,12-13,25-27,30-32H,6-7,20H2,1H3,(H,22,28)/t12-,13-,17-,18+/m1/s1. The van der Waals surface area contributed by atoms with Gasteiger partial charge in [-0.15, -0.1) is 5.06 Å². The molecule has 0 aliphatic carbocycles. The van der Waals surface area contributed by atoms with E-state index in [9.17, 15) is 44.8 Å². The normalized spacial score (nSPS) is 26.6. The highest BCUT2D eigenvalue weighted by molar-refractivity contribution is 5.97. The number of amides is 1. The van der Waals surface area contributed by atoms with Crippen LogP contribution in [0.1, 0.15) is 15.9 Å². The molecule has 186 valence electrons. The van der Waals surface area contributed by atoms with Gasteiger partial charge in [-0.3, -0.25) is 4.79 Å². The first-order valence-electron chi connectivity index (χ1n) is 9.49. The van der Waals surface area contributed by atoms with Crippen molar-refractivity contribution in [1.82, 2.24) is 20.2 Å². The lowest BCUT2D eigenvalue weighted by molar-refractivity contribution is -0.413. The molecule has 4 atom stereocenters. The maximum absolute atomic E-state index is 12.7. The van der Waals surface area contributed by atoms with Crippen LogP contribution in [0.25, 0.3) is 0 Å². The molecule has 15 nitrogen and oxygen atoms in total. The van der Waals surface area contributed by atoms with Crippen molar-refractivity contribution >= 4 is 11.7 Å². The van der Waals surface area contributed by atoms with E-state index < -0.39 is 60.0 Å². The number of halogens is 1. The summed E-state index contributed by atoms with van der Waals surface area (Å²) in [4.78, 5) is 27.5. The van der Waals surface area contributed by atoms with Crippen LogP contribution < -0.4 is 21.7 Å². The first kappa shape index (κ1) is 25.2. The van der Waals surface area contributed by atoms with E-state index in [-0.39, 0.29) is 26.7 Å². The Labute approximate surface area is 189 Å². The number of ether oxygens (including phenoxy) is 2. The van der Waals surface area contributed by atoms with Gasteiger partial charge in [0.05, 0.1) is 20.3 Å². The third-order valence-electron chi connectivity index (χ3n) is 5.36. The van der Waals surface area contributed by atoms with E-state index in [1.165, 1.54) is 25.3 Å². The van der Waals surface area contributed by atoms with Gasteiger partial charge in [0, 0.05) is 6.20 Å². The first-order chi connectivity index (χ1) is 16.0. The average Bonchev–Trinajstić information content (AvgIpc) is 3.01. The van der Waals surface area contributed by atoms with Gasteiger partial charge in [-0.2, -0.15) is 5.54 Å². The molecule has 0 spiro atoms. The fourth-order valence-corrected chi connectivity index (χ4v) is 3.59. The van der Waals surface area contributed by atoms with Gasteiger partial charge >= 0.3 is 11.6 Å². The van der Waals surface area contributed by atoms with Gasteiger partial charge in [-0.25, -0.2) is 14.3 Å². The van der Waals surface area contributed by atoms with Gasteiger partial charge < -0.3 is 45.9 Å². The quantitative estimate of drug-likeness (QED) is 0.111. The molecule has 0 saturated carbocycles. The summed E-state index contributed by atoms with van der Waals surface area (Å²) in [6, 6.07) is 3.74. The van der Waals surface area contributed by atoms with Crippen molar-refractivity contribution in [2.45, 2.75) is 30.4 Å². The summed E-state index contributed by atoms with van der Waals surface area (Å²) in [5, 5.41) is 63.3. The molecule has 2 aromatic rings. The minimum absolute atomic E-state index is 0.0110. The van der Waals surface area contributed by atoms with E-state index in [2.05, 4.69) is 4.98 Å². The van der Waals surface area contributed by atoms with Crippen LogP contribution in [0.5, 0.6) is 11.5 Å². The lowest BCUT2D eigenvalue weighted by Gasteiger charge is -2.42. The van der Waals surface area contributed by atoms with E-state index in [0.29, 0.717) is 6.20 Å². The number of nitrogens with one attached hydrogen (secondary N) is 1. The van der Waals surface area contributed by atoms with E-state index in [4.69, 9.17) is 15.2 Å². The molecule has 34 heavy (non-hydrogen) atoms. The molecular weight excluding hydrogens is 465 g/mol. The Morgan fingerprint density at radius 3 is 2.71 bits per heavy atom. The molecule has 2 heterocycles. The number of aliphatic hydroxyl groups is 4. The second-order valence-electron chi connectivity index (χ2n) is 7.28. The molecule has 1 saturated heterocycles. The fourth-order valence-electron chi connectivity index (χ4n) is 3.59. The van der Waals surface area contributed by atoms with Crippen LogP contribution in [0, 0.1) is 0 Å². The largest absolute Gasteiger partial charge is 0.504 e. The number of aromatic nitrogens is 2. The molecule has 0 unspecified atom stereocenters. The molecule has 1 fully saturated rings. The highest BCUT2D eigenvalue weighted by atomic mass is 19.2. The molecule has 1 aromatic heterocycles. The van der Waals surface area contributed by atoms with Crippen molar-refractivity contribution in [3.8, 4) is 11.5 Å². The number of nitrogens with two attached hydrogens (primary N) is 1. The van der Waals surface area contributed by atoms with E-state index in [1.54, 1.807) is 0 Å². The first-order valence-corrected chi connectivity index (χ1v) is 9.49. The summed E-state index contributed by atoms with van der Waals surface area (Å²) in [7, 11) is 1.25. The molecule has 16 heteroatoms. The number of hydroxylamine groups is 2. The zero-order chi connectivity index (χ0) is 25.4. The van der Waals surface area contributed by atoms with Crippen LogP contribution in [-0.2, 0) is 17.2 Å². The van der Waals surface area contributed by atoms with Gasteiger partial charge in [-0.05, 0) is 17.7 Å². The number of phenols is 1.